The maximum Gasteiger partial charge on any atom is 0.335 e. The molecule has 0 aliphatic carbocycles. The highest BCUT2D eigenvalue weighted by Crippen LogP contribution is 2.26. The van der Waals surface area contributed by atoms with Gasteiger partial charge in [-0.3, -0.25) is 25.0 Å². The largest absolute Gasteiger partial charge is 0.335 e. The van der Waals surface area contributed by atoms with Crippen LogP contribution >= 0.6 is 0 Å². The molecule has 0 aromatic heterocycles. The lowest BCUT2D eigenvalue weighted by Gasteiger charge is -2.31. The third-order valence-corrected chi connectivity index (χ3v) is 3.19. The predicted molar refractivity (Wildman–Crippen MR) is 72.4 cm³/mol. The van der Waals surface area contributed by atoms with Crippen molar-refractivity contribution in [1.82, 2.24) is 5.32 Å². The molecule has 1 N–H and O–H groups in total. The summed E-state index contributed by atoms with van der Waals surface area (Å²) < 4.78 is 0. The SMILES string of the molecule is CC(C)C1C(=O)NC(=O)N(c2ccc([N+](=O)[O-])cc2)C1=O. The first-order valence-electron chi connectivity index (χ1n) is 6.26. The second-order valence-corrected chi connectivity index (χ2v) is 4.96. The van der Waals surface area contributed by atoms with Gasteiger partial charge in [0.2, 0.25) is 11.8 Å². The fraction of sp³-hybridized carbons (Fsp3) is 0.308. The maximum atomic E-state index is 12.3. The van der Waals surface area contributed by atoms with E-state index in [-0.39, 0.29) is 17.3 Å². The molecule has 8 heteroatoms. The van der Waals surface area contributed by atoms with Crippen LogP contribution in [-0.2, 0) is 9.59 Å². The number of carbonyl (C=O) groups excluding carboxylic acids is 3. The number of barbiturate groups is 1. The minimum absolute atomic E-state index is 0.153. The van der Waals surface area contributed by atoms with Gasteiger partial charge in [0, 0.05) is 12.1 Å². The van der Waals surface area contributed by atoms with E-state index in [1.165, 1.54) is 24.3 Å². The molecule has 1 aromatic rings. The van der Waals surface area contributed by atoms with Crippen LogP contribution < -0.4 is 10.2 Å². The van der Waals surface area contributed by atoms with E-state index in [0.29, 0.717) is 0 Å². The molecule has 1 atom stereocenters. The maximum absolute atomic E-state index is 12.3. The van der Waals surface area contributed by atoms with E-state index in [1.54, 1.807) is 13.8 Å². The number of benzene rings is 1. The zero-order chi connectivity index (χ0) is 15.7. The highest BCUT2D eigenvalue weighted by Gasteiger charge is 2.42. The summed E-state index contributed by atoms with van der Waals surface area (Å²) in [5.41, 5.74) is 0.0290. The number of anilines is 1. The molecule has 0 bridgehead atoms. The van der Waals surface area contributed by atoms with Crippen molar-refractivity contribution >= 4 is 29.2 Å². The minimum atomic E-state index is -0.960. The summed E-state index contributed by atoms with van der Waals surface area (Å²) in [6, 6.07) is 4.12. The lowest BCUT2D eigenvalue weighted by molar-refractivity contribution is -0.384. The summed E-state index contributed by atoms with van der Waals surface area (Å²) >= 11 is 0. The monoisotopic (exact) mass is 291 g/mol. The molecular weight excluding hydrogens is 278 g/mol. The molecule has 8 nitrogen and oxygen atoms in total. The van der Waals surface area contributed by atoms with Crippen molar-refractivity contribution in [3.63, 3.8) is 0 Å². The molecule has 4 amide bonds. The second kappa shape index (κ2) is 5.31. The van der Waals surface area contributed by atoms with Crippen molar-refractivity contribution in [2.45, 2.75) is 13.8 Å². The third kappa shape index (κ3) is 2.60. The van der Waals surface area contributed by atoms with E-state index in [2.05, 4.69) is 5.32 Å². The fourth-order valence-corrected chi connectivity index (χ4v) is 2.15. The summed E-state index contributed by atoms with van der Waals surface area (Å²) in [5.74, 6) is -2.49. The number of nitro groups is 1. The van der Waals surface area contributed by atoms with Gasteiger partial charge >= 0.3 is 6.03 Å². The molecule has 1 aliphatic heterocycles. The van der Waals surface area contributed by atoms with Crippen LogP contribution in [0.5, 0.6) is 0 Å². The van der Waals surface area contributed by atoms with Crippen LogP contribution in [0.1, 0.15) is 13.8 Å². The first-order valence-corrected chi connectivity index (χ1v) is 6.26. The van der Waals surface area contributed by atoms with Gasteiger partial charge < -0.3 is 0 Å². The van der Waals surface area contributed by atoms with Gasteiger partial charge in [-0.2, -0.15) is 0 Å². The number of hydrogen-bond acceptors (Lipinski definition) is 5. The number of urea groups is 1. The molecular formula is C13H13N3O5. The average molecular weight is 291 g/mol. The number of nitro benzene ring substituents is 1. The molecule has 0 saturated carbocycles. The number of non-ortho nitro benzene ring substituents is 1. The molecule has 1 heterocycles. The van der Waals surface area contributed by atoms with Crippen LogP contribution in [0.2, 0.25) is 0 Å². The third-order valence-electron chi connectivity index (χ3n) is 3.19. The lowest BCUT2D eigenvalue weighted by Crippen LogP contribution is -2.59. The van der Waals surface area contributed by atoms with Crippen LogP contribution in [0.4, 0.5) is 16.2 Å². The molecule has 21 heavy (non-hydrogen) atoms. The summed E-state index contributed by atoms with van der Waals surface area (Å²) in [7, 11) is 0. The Labute approximate surface area is 119 Å². The molecule has 1 fully saturated rings. The molecule has 1 saturated heterocycles. The number of nitrogens with one attached hydrogen (secondary N) is 1. The number of imide groups is 2. The first-order chi connectivity index (χ1) is 9.82. The van der Waals surface area contributed by atoms with Crippen molar-refractivity contribution in [3.05, 3.63) is 34.4 Å². The number of rotatable bonds is 3. The standard InChI is InChI=1S/C13H13N3O5/c1-7(2)10-11(17)14-13(19)15(12(10)18)8-3-5-9(6-4-8)16(20)21/h3-7,10H,1-2H3,(H,14,17,19). The normalized spacial score (nSPS) is 18.9. The molecule has 0 radical (unpaired) electrons. The van der Waals surface area contributed by atoms with Gasteiger partial charge in [-0.1, -0.05) is 13.8 Å². The van der Waals surface area contributed by atoms with E-state index in [9.17, 15) is 24.5 Å². The molecule has 1 unspecified atom stereocenters. The fourth-order valence-electron chi connectivity index (χ4n) is 2.15. The molecule has 0 spiro atoms. The number of amides is 4. The Morgan fingerprint density at radius 1 is 1.19 bits per heavy atom. The molecule has 1 aromatic carbocycles. The zero-order valence-electron chi connectivity index (χ0n) is 11.4. The summed E-state index contributed by atoms with van der Waals surface area (Å²) in [6.07, 6.45) is 0. The van der Waals surface area contributed by atoms with Crippen molar-refractivity contribution in [2.24, 2.45) is 11.8 Å². The highest BCUT2D eigenvalue weighted by molar-refractivity contribution is 6.27. The van der Waals surface area contributed by atoms with Gasteiger partial charge in [-0.15, -0.1) is 0 Å². The van der Waals surface area contributed by atoms with Gasteiger partial charge in [0.15, 0.2) is 0 Å². The van der Waals surface area contributed by atoms with E-state index in [0.717, 1.165) is 4.90 Å². The molecule has 2 rings (SSSR count). The molecule has 1 aliphatic rings. The van der Waals surface area contributed by atoms with E-state index in [1.807, 2.05) is 0 Å². The van der Waals surface area contributed by atoms with Crippen LogP contribution in [0.3, 0.4) is 0 Å². The molecule has 110 valence electrons. The van der Waals surface area contributed by atoms with Crippen molar-refractivity contribution in [1.29, 1.82) is 0 Å². The zero-order valence-corrected chi connectivity index (χ0v) is 11.4. The average Bonchev–Trinajstić information content (AvgIpc) is 2.38. The Morgan fingerprint density at radius 3 is 2.24 bits per heavy atom. The smallest absolute Gasteiger partial charge is 0.277 e. The van der Waals surface area contributed by atoms with Crippen molar-refractivity contribution in [3.8, 4) is 0 Å². The topological polar surface area (TPSA) is 110 Å². The Bertz CT molecular complexity index is 623. The number of hydrogen-bond donors (Lipinski definition) is 1. The van der Waals surface area contributed by atoms with Gasteiger partial charge in [-0.25, -0.2) is 9.69 Å². The van der Waals surface area contributed by atoms with Crippen molar-refractivity contribution < 1.29 is 19.3 Å². The number of carbonyl (C=O) groups is 3. The summed E-state index contributed by atoms with van der Waals surface area (Å²) in [4.78, 5) is 46.7. The Balaban J connectivity index is 2.37. The Morgan fingerprint density at radius 2 is 1.76 bits per heavy atom. The highest BCUT2D eigenvalue weighted by atomic mass is 16.6. The van der Waals surface area contributed by atoms with E-state index >= 15 is 0 Å². The van der Waals surface area contributed by atoms with Gasteiger partial charge in [0.1, 0.15) is 5.92 Å². The van der Waals surface area contributed by atoms with Crippen LogP contribution in [0, 0.1) is 22.0 Å². The van der Waals surface area contributed by atoms with Crippen LogP contribution in [0.25, 0.3) is 0 Å². The van der Waals surface area contributed by atoms with E-state index in [4.69, 9.17) is 0 Å². The summed E-state index contributed by atoms with van der Waals surface area (Å²) in [5, 5.41) is 12.7. The van der Waals surface area contributed by atoms with Crippen molar-refractivity contribution in [2.75, 3.05) is 4.90 Å². The number of nitrogens with zero attached hydrogens (tertiary/aromatic N) is 2. The van der Waals surface area contributed by atoms with Gasteiger partial charge in [-0.05, 0) is 18.1 Å². The Kier molecular flexibility index (Phi) is 3.70. The second-order valence-electron chi connectivity index (χ2n) is 4.96. The first kappa shape index (κ1) is 14.6. The minimum Gasteiger partial charge on any atom is -0.277 e. The summed E-state index contributed by atoms with van der Waals surface area (Å²) in [6.45, 7) is 3.40. The van der Waals surface area contributed by atoms with Gasteiger partial charge in [0.05, 0.1) is 10.6 Å². The van der Waals surface area contributed by atoms with Gasteiger partial charge in [0.25, 0.3) is 5.69 Å². The quantitative estimate of drug-likeness (QED) is 0.515. The van der Waals surface area contributed by atoms with E-state index < -0.39 is 28.7 Å². The predicted octanol–water partition coefficient (Wildman–Crippen LogP) is 1.45. The lowest BCUT2D eigenvalue weighted by atomic mass is 9.92. The van der Waals surface area contributed by atoms with Crippen LogP contribution in [-0.4, -0.2) is 22.8 Å². The van der Waals surface area contributed by atoms with Crippen LogP contribution in [0.15, 0.2) is 24.3 Å². The Hall–Kier alpha value is -2.77.